The molecule has 3 rings (SSSR count). The number of benzene rings is 1. The van der Waals surface area contributed by atoms with Gasteiger partial charge in [0.05, 0.1) is 29.2 Å². The monoisotopic (exact) mass is 419 g/mol. The lowest BCUT2D eigenvalue weighted by molar-refractivity contribution is -0.137. The van der Waals surface area contributed by atoms with E-state index in [4.69, 9.17) is 0 Å². The first-order valence-electron chi connectivity index (χ1n) is 9.12. The van der Waals surface area contributed by atoms with Crippen molar-refractivity contribution in [3.05, 3.63) is 29.8 Å². The quantitative estimate of drug-likeness (QED) is 0.802. The Labute approximate surface area is 162 Å². The number of halogens is 3. The van der Waals surface area contributed by atoms with E-state index in [-0.39, 0.29) is 24.0 Å². The summed E-state index contributed by atoms with van der Waals surface area (Å²) in [5.41, 5.74) is -0.885. The van der Waals surface area contributed by atoms with Gasteiger partial charge in [0.2, 0.25) is 5.91 Å². The van der Waals surface area contributed by atoms with Crippen molar-refractivity contribution in [3.63, 3.8) is 0 Å². The number of carbonyl (C=O) groups is 1. The molecule has 0 aliphatic carbocycles. The van der Waals surface area contributed by atoms with Crippen molar-refractivity contribution in [2.75, 3.05) is 49.1 Å². The molecule has 10 heteroatoms. The van der Waals surface area contributed by atoms with Crippen molar-refractivity contribution < 1.29 is 26.4 Å². The summed E-state index contributed by atoms with van der Waals surface area (Å²) < 4.78 is 61.9. The first-order chi connectivity index (χ1) is 13.0. The number of hydrogen-bond donors (Lipinski definition) is 1. The molecule has 1 aromatic carbocycles. The molecule has 0 aromatic heterocycles. The van der Waals surface area contributed by atoms with Gasteiger partial charge in [-0.2, -0.15) is 13.2 Å². The summed E-state index contributed by atoms with van der Waals surface area (Å²) >= 11 is 0. The van der Waals surface area contributed by atoms with Crippen molar-refractivity contribution in [1.29, 1.82) is 0 Å². The van der Waals surface area contributed by atoms with Crippen LogP contribution in [0.4, 0.5) is 18.9 Å². The van der Waals surface area contributed by atoms with Gasteiger partial charge in [0.25, 0.3) is 0 Å². The van der Waals surface area contributed by atoms with Crippen molar-refractivity contribution in [2.45, 2.75) is 25.1 Å². The van der Waals surface area contributed by atoms with Crippen LogP contribution in [0.15, 0.2) is 24.3 Å². The molecule has 0 bridgehead atoms. The van der Waals surface area contributed by atoms with E-state index >= 15 is 0 Å². The van der Waals surface area contributed by atoms with Gasteiger partial charge < -0.3 is 10.2 Å². The van der Waals surface area contributed by atoms with Crippen molar-refractivity contribution in [2.24, 2.45) is 0 Å². The molecule has 0 spiro atoms. The minimum Gasteiger partial charge on any atom is -0.369 e. The van der Waals surface area contributed by atoms with Crippen LogP contribution in [0.25, 0.3) is 0 Å². The molecular formula is C18H24F3N3O3S. The Kier molecular flexibility index (Phi) is 5.64. The Morgan fingerprint density at radius 3 is 2.46 bits per heavy atom. The van der Waals surface area contributed by atoms with Crippen molar-refractivity contribution >= 4 is 21.4 Å². The van der Waals surface area contributed by atoms with Crippen LogP contribution in [0.3, 0.4) is 0 Å². The number of carbonyl (C=O) groups excluding carboxylic acids is 1. The molecule has 0 saturated carbocycles. The normalized spacial score (nSPS) is 25.6. The van der Waals surface area contributed by atoms with Crippen molar-refractivity contribution in [3.8, 4) is 0 Å². The van der Waals surface area contributed by atoms with E-state index in [9.17, 15) is 26.4 Å². The standard InChI is InChI=1S/C18H24F3N3O3S/c1-17(5-10-28(26,27)13-17)22-16(25)12-23-6-8-24(9-7-23)15-4-2-3-14(11-15)18(19,20)21/h2-4,11H,5-10,12-13H2,1H3,(H,22,25)/t17-/m0/s1. The Morgan fingerprint density at radius 1 is 1.21 bits per heavy atom. The fourth-order valence-corrected chi connectivity index (χ4v) is 5.82. The minimum absolute atomic E-state index is 0.0466. The van der Waals surface area contributed by atoms with Crippen LogP contribution in [0.1, 0.15) is 18.9 Å². The highest BCUT2D eigenvalue weighted by atomic mass is 32.2. The van der Waals surface area contributed by atoms with E-state index in [0.717, 1.165) is 12.1 Å². The van der Waals surface area contributed by atoms with E-state index in [1.807, 2.05) is 9.80 Å². The van der Waals surface area contributed by atoms with Crippen LogP contribution >= 0.6 is 0 Å². The van der Waals surface area contributed by atoms with Crippen LogP contribution in [0.2, 0.25) is 0 Å². The molecule has 1 amide bonds. The smallest absolute Gasteiger partial charge is 0.369 e. The van der Waals surface area contributed by atoms with E-state index in [1.54, 1.807) is 13.0 Å². The zero-order valence-corrected chi connectivity index (χ0v) is 16.4. The molecule has 2 heterocycles. The average Bonchev–Trinajstić information content (AvgIpc) is 2.87. The number of hydrogen-bond acceptors (Lipinski definition) is 5. The first kappa shape index (κ1) is 20.9. The second-order valence-electron chi connectivity index (χ2n) is 7.76. The number of sulfone groups is 1. The summed E-state index contributed by atoms with van der Waals surface area (Å²) in [6.45, 7) is 3.99. The number of anilines is 1. The second kappa shape index (κ2) is 7.55. The zero-order chi connectivity index (χ0) is 20.6. The molecule has 2 fully saturated rings. The third-order valence-corrected chi connectivity index (χ3v) is 7.13. The van der Waals surface area contributed by atoms with Gasteiger partial charge in [0.1, 0.15) is 0 Å². The molecule has 1 aromatic rings. The maximum atomic E-state index is 12.9. The van der Waals surface area contributed by atoms with Crippen LogP contribution in [0, 0.1) is 0 Å². The molecule has 156 valence electrons. The van der Waals surface area contributed by atoms with Gasteiger partial charge in [-0.05, 0) is 31.5 Å². The number of nitrogens with zero attached hydrogens (tertiary/aromatic N) is 2. The molecule has 6 nitrogen and oxygen atoms in total. The SMILES string of the molecule is C[C@]1(NC(=O)CN2CCN(c3cccc(C(F)(F)F)c3)CC2)CCS(=O)(=O)C1. The highest BCUT2D eigenvalue weighted by Gasteiger charge is 2.39. The Balaban J connectivity index is 1.51. The molecule has 1 atom stereocenters. The van der Waals surface area contributed by atoms with Gasteiger partial charge in [0.15, 0.2) is 9.84 Å². The molecule has 28 heavy (non-hydrogen) atoms. The lowest BCUT2D eigenvalue weighted by Gasteiger charge is -2.36. The van der Waals surface area contributed by atoms with Gasteiger partial charge in [-0.25, -0.2) is 8.42 Å². The van der Waals surface area contributed by atoms with E-state index in [2.05, 4.69) is 5.32 Å². The van der Waals surface area contributed by atoms with E-state index in [0.29, 0.717) is 38.3 Å². The number of nitrogens with one attached hydrogen (secondary N) is 1. The summed E-state index contributed by atoms with van der Waals surface area (Å²) in [6.07, 6.45) is -3.97. The van der Waals surface area contributed by atoms with Gasteiger partial charge in [0, 0.05) is 31.9 Å². The Bertz CT molecular complexity index is 836. The Morgan fingerprint density at radius 2 is 1.89 bits per heavy atom. The third-order valence-electron chi connectivity index (χ3n) is 5.22. The molecule has 1 N–H and O–H groups in total. The second-order valence-corrected chi connectivity index (χ2v) is 9.95. The highest BCUT2D eigenvalue weighted by Crippen LogP contribution is 2.31. The van der Waals surface area contributed by atoms with E-state index in [1.165, 1.54) is 6.07 Å². The van der Waals surface area contributed by atoms with Crippen LogP contribution in [-0.2, 0) is 20.8 Å². The number of rotatable bonds is 4. The maximum Gasteiger partial charge on any atom is 0.416 e. The van der Waals surface area contributed by atoms with Crippen LogP contribution in [0.5, 0.6) is 0 Å². The predicted molar refractivity (Wildman–Crippen MR) is 99.9 cm³/mol. The summed E-state index contributed by atoms with van der Waals surface area (Å²) in [6, 6.07) is 5.24. The summed E-state index contributed by atoms with van der Waals surface area (Å²) in [5.74, 6) is -0.193. The molecule has 2 aliphatic heterocycles. The van der Waals surface area contributed by atoms with Gasteiger partial charge >= 0.3 is 6.18 Å². The lowest BCUT2D eigenvalue weighted by Crippen LogP contribution is -2.53. The number of amides is 1. The van der Waals surface area contributed by atoms with Crippen LogP contribution in [-0.4, -0.2) is 69.0 Å². The average molecular weight is 419 g/mol. The Hall–Kier alpha value is -1.81. The van der Waals surface area contributed by atoms with Crippen molar-refractivity contribution in [1.82, 2.24) is 10.2 Å². The maximum absolute atomic E-state index is 12.9. The number of alkyl halides is 3. The predicted octanol–water partition coefficient (Wildman–Crippen LogP) is 1.52. The van der Waals surface area contributed by atoms with Crippen LogP contribution < -0.4 is 10.2 Å². The zero-order valence-electron chi connectivity index (χ0n) is 15.6. The van der Waals surface area contributed by atoms with Gasteiger partial charge in [-0.15, -0.1) is 0 Å². The molecule has 2 aliphatic rings. The van der Waals surface area contributed by atoms with Gasteiger partial charge in [-0.3, -0.25) is 9.69 Å². The topological polar surface area (TPSA) is 69.7 Å². The first-order valence-corrected chi connectivity index (χ1v) is 10.9. The molecular weight excluding hydrogens is 395 g/mol. The fourth-order valence-electron chi connectivity index (χ4n) is 3.73. The number of piperazine rings is 1. The molecule has 0 radical (unpaired) electrons. The van der Waals surface area contributed by atoms with E-state index < -0.39 is 27.1 Å². The summed E-state index contributed by atoms with van der Waals surface area (Å²) in [5, 5.41) is 2.83. The summed E-state index contributed by atoms with van der Waals surface area (Å²) in [4.78, 5) is 16.1. The largest absolute Gasteiger partial charge is 0.416 e. The lowest BCUT2D eigenvalue weighted by atomic mass is 10.0. The fraction of sp³-hybridized carbons (Fsp3) is 0.611. The molecule has 2 saturated heterocycles. The highest BCUT2D eigenvalue weighted by molar-refractivity contribution is 7.91. The summed E-state index contributed by atoms with van der Waals surface area (Å²) in [7, 11) is -3.10. The third kappa shape index (κ3) is 5.16. The van der Waals surface area contributed by atoms with Gasteiger partial charge in [-0.1, -0.05) is 6.07 Å². The minimum atomic E-state index is -4.38. The molecule has 0 unspecified atom stereocenters.